The molecule has 0 aliphatic carbocycles. The van der Waals surface area contributed by atoms with Crippen molar-refractivity contribution in [2.24, 2.45) is 7.05 Å². The fraction of sp³-hybridized carbons (Fsp3) is 0.278. The minimum atomic E-state index is -0.582. The molecule has 6 heteroatoms. The van der Waals surface area contributed by atoms with Crippen molar-refractivity contribution in [3.63, 3.8) is 0 Å². The maximum absolute atomic E-state index is 12.1. The van der Waals surface area contributed by atoms with Gasteiger partial charge in [0, 0.05) is 24.4 Å². The first-order valence-corrected chi connectivity index (χ1v) is 7.45. The second-order valence-electron chi connectivity index (χ2n) is 5.27. The molecule has 0 N–H and O–H groups in total. The highest BCUT2D eigenvalue weighted by Gasteiger charge is 2.13. The van der Waals surface area contributed by atoms with Crippen LogP contribution in [0.1, 0.15) is 27.3 Å². The third kappa shape index (κ3) is 3.90. The van der Waals surface area contributed by atoms with Crippen molar-refractivity contribution in [3.8, 4) is 5.75 Å². The van der Waals surface area contributed by atoms with E-state index in [1.165, 1.54) is 13.2 Å². The van der Waals surface area contributed by atoms with Gasteiger partial charge < -0.3 is 9.47 Å². The maximum atomic E-state index is 12.1. The van der Waals surface area contributed by atoms with E-state index in [1.807, 2.05) is 20.9 Å². The van der Waals surface area contributed by atoms with Crippen LogP contribution < -0.4 is 4.74 Å². The predicted molar refractivity (Wildman–Crippen MR) is 90.0 cm³/mol. The molecule has 0 aliphatic heterocycles. The van der Waals surface area contributed by atoms with Crippen LogP contribution in [0.25, 0.3) is 6.08 Å². The molecule has 0 atom stereocenters. The molecule has 1 heterocycles. The van der Waals surface area contributed by atoms with Gasteiger partial charge in [0.05, 0.1) is 18.4 Å². The van der Waals surface area contributed by atoms with Crippen LogP contribution in [0, 0.1) is 13.8 Å². The number of hydrogen-bond donors (Lipinski definition) is 0. The van der Waals surface area contributed by atoms with Crippen molar-refractivity contribution >= 4 is 17.8 Å². The van der Waals surface area contributed by atoms with E-state index in [4.69, 9.17) is 9.47 Å². The Morgan fingerprint density at radius 1 is 1.25 bits per heavy atom. The fourth-order valence-corrected chi connectivity index (χ4v) is 2.32. The highest BCUT2D eigenvalue weighted by Crippen LogP contribution is 2.18. The van der Waals surface area contributed by atoms with Crippen LogP contribution in [0.15, 0.2) is 30.3 Å². The molecule has 0 saturated carbocycles. The molecule has 0 bridgehead atoms. The molecule has 2 aromatic rings. The number of esters is 1. The van der Waals surface area contributed by atoms with Gasteiger partial charge in [-0.2, -0.15) is 5.10 Å². The molecule has 24 heavy (non-hydrogen) atoms. The van der Waals surface area contributed by atoms with Gasteiger partial charge in [0.25, 0.3) is 0 Å². The number of ketones is 1. The Labute approximate surface area is 140 Å². The summed E-state index contributed by atoms with van der Waals surface area (Å²) in [6, 6.07) is 6.81. The lowest BCUT2D eigenvalue weighted by Crippen LogP contribution is -2.13. The normalized spacial score (nSPS) is 10.8. The van der Waals surface area contributed by atoms with Gasteiger partial charge >= 0.3 is 5.97 Å². The molecule has 0 radical (unpaired) electrons. The van der Waals surface area contributed by atoms with Crippen LogP contribution in [0.4, 0.5) is 0 Å². The van der Waals surface area contributed by atoms with Crippen LogP contribution in [0.3, 0.4) is 0 Å². The lowest BCUT2D eigenvalue weighted by molar-refractivity contribution is -0.136. The van der Waals surface area contributed by atoms with Gasteiger partial charge in [0.2, 0.25) is 5.78 Å². The topological polar surface area (TPSA) is 70.4 Å². The van der Waals surface area contributed by atoms with E-state index in [0.29, 0.717) is 11.3 Å². The SMILES string of the molecule is COc1ccccc1C(=O)COC(=O)/C=C/c1c(C)nn(C)c1C. The molecule has 0 unspecified atom stereocenters. The molecule has 2 rings (SSSR count). The van der Waals surface area contributed by atoms with Crippen LogP contribution in [0.5, 0.6) is 5.75 Å². The van der Waals surface area contributed by atoms with E-state index in [-0.39, 0.29) is 12.4 Å². The summed E-state index contributed by atoms with van der Waals surface area (Å²) in [7, 11) is 3.32. The van der Waals surface area contributed by atoms with E-state index in [9.17, 15) is 9.59 Å². The number of rotatable bonds is 6. The second-order valence-corrected chi connectivity index (χ2v) is 5.27. The first-order chi connectivity index (χ1) is 11.4. The molecule has 0 fully saturated rings. The summed E-state index contributed by atoms with van der Waals surface area (Å²) in [5.74, 6) is -0.445. The first kappa shape index (κ1) is 17.5. The molecule has 6 nitrogen and oxygen atoms in total. The van der Waals surface area contributed by atoms with Gasteiger partial charge in [-0.3, -0.25) is 9.48 Å². The Morgan fingerprint density at radius 3 is 2.58 bits per heavy atom. The number of Topliss-reactive ketones (excluding diaryl/α,β-unsaturated/α-hetero) is 1. The van der Waals surface area contributed by atoms with Gasteiger partial charge in [0.1, 0.15) is 5.75 Å². The van der Waals surface area contributed by atoms with Crippen molar-refractivity contribution in [2.75, 3.05) is 13.7 Å². The Bertz CT molecular complexity index is 790. The zero-order chi connectivity index (χ0) is 17.7. The fourth-order valence-electron chi connectivity index (χ4n) is 2.32. The minimum Gasteiger partial charge on any atom is -0.496 e. The molecular weight excluding hydrogens is 308 g/mol. The number of methoxy groups -OCH3 is 1. The number of ether oxygens (including phenoxy) is 2. The van der Waals surface area contributed by atoms with E-state index < -0.39 is 5.97 Å². The number of carbonyl (C=O) groups is 2. The number of benzene rings is 1. The van der Waals surface area contributed by atoms with E-state index in [1.54, 1.807) is 35.0 Å². The Balaban J connectivity index is 1.98. The third-order valence-corrected chi connectivity index (χ3v) is 3.70. The van der Waals surface area contributed by atoms with Crippen LogP contribution in [-0.2, 0) is 16.6 Å². The van der Waals surface area contributed by atoms with Crippen molar-refractivity contribution < 1.29 is 19.1 Å². The summed E-state index contributed by atoms with van der Waals surface area (Å²) in [4.78, 5) is 23.9. The Kier molecular flexibility index (Phi) is 5.52. The zero-order valence-electron chi connectivity index (χ0n) is 14.2. The molecular formula is C18H20N2O4. The molecule has 126 valence electrons. The minimum absolute atomic E-state index is 0.317. The van der Waals surface area contributed by atoms with Gasteiger partial charge in [0.15, 0.2) is 6.61 Å². The summed E-state index contributed by atoms with van der Waals surface area (Å²) in [6.45, 7) is 3.44. The zero-order valence-corrected chi connectivity index (χ0v) is 14.2. The molecule has 0 amide bonds. The predicted octanol–water partition coefficient (Wildman–Crippen LogP) is 2.48. The van der Waals surface area contributed by atoms with Crippen molar-refractivity contribution in [1.82, 2.24) is 9.78 Å². The highest BCUT2D eigenvalue weighted by atomic mass is 16.5. The molecule has 0 spiro atoms. The number of carbonyl (C=O) groups excluding carboxylic acids is 2. The highest BCUT2D eigenvalue weighted by molar-refractivity contribution is 6.01. The number of aromatic nitrogens is 2. The largest absolute Gasteiger partial charge is 0.496 e. The average Bonchev–Trinajstić information content (AvgIpc) is 2.83. The van der Waals surface area contributed by atoms with Crippen LogP contribution >= 0.6 is 0 Å². The number of para-hydroxylation sites is 1. The van der Waals surface area contributed by atoms with Crippen LogP contribution in [-0.4, -0.2) is 35.2 Å². The summed E-state index contributed by atoms with van der Waals surface area (Å²) < 4.78 is 11.9. The molecule has 0 saturated heterocycles. The summed E-state index contributed by atoms with van der Waals surface area (Å²) in [5, 5.41) is 4.27. The van der Waals surface area contributed by atoms with E-state index in [2.05, 4.69) is 5.10 Å². The summed E-state index contributed by atoms with van der Waals surface area (Å²) in [6.07, 6.45) is 2.94. The number of hydrogen-bond acceptors (Lipinski definition) is 5. The van der Waals surface area contributed by atoms with Crippen molar-refractivity contribution in [1.29, 1.82) is 0 Å². The Hall–Kier alpha value is -2.89. The van der Waals surface area contributed by atoms with Crippen molar-refractivity contribution in [2.45, 2.75) is 13.8 Å². The molecule has 0 aliphatic rings. The lowest BCUT2D eigenvalue weighted by Gasteiger charge is -2.07. The van der Waals surface area contributed by atoms with Gasteiger partial charge in [-0.25, -0.2) is 4.79 Å². The lowest BCUT2D eigenvalue weighted by atomic mass is 10.1. The third-order valence-electron chi connectivity index (χ3n) is 3.70. The van der Waals surface area contributed by atoms with Crippen molar-refractivity contribution in [3.05, 3.63) is 52.9 Å². The number of aryl methyl sites for hydroxylation is 2. The van der Waals surface area contributed by atoms with Crippen LogP contribution in [0.2, 0.25) is 0 Å². The summed E-state index contributed by atoms with van der Waals surface area (Å²) in [5.41, 5.74) is 3.02. The number of nitrogens with zero attached hydrogens (tertiary/aromatic N) is 2. The second kappa shape index (κ2) is 7.59. The molecule has 1 aromatic heterocycles. The smallest absolute Gasteiger partial charge is 0.331 e. The van der Waals surface area contributed by atoms with Gasteiger partial charge in [-0.15, -0.1) is 0 Å². The standard InChI is InChI=1S/C18H20N2O4/c1-12-14(13(2)20(3)19-12)9-10-18(22)24-11-16(21)15-7-5-6-8-17(15)23-4/h5-10H,11H2,1-4H3/b10-9+. The molecule has 1 aromatic carbocycles. The average molecular weight is 328 g/mol. The quantitative estimate of drug-likeness (QED) is 0.463. The van der Waals surface area contributed by atoms with E-state index in [0.717, 1.165) is 17.0 Å². The monoisotopic (exact) mass is 328 g/mol. The van der Waals surface area contributed by atoms with Gasteiger partial charge in [-0.1, -0.05) is 12.1 Å². The first-order valence-electron chi connectivity index (χ1n) is 7.45. The van der Waals surface area contributed by atoms with E-state index >= 15 is 0 Å². The van der Waals surface area contributed by atoms with Gasteiger partial charge in [-0.05, 0) is 32.1 Å². The maximum Gasteiger partial charge on any atom is 0.331 e. The summed E-state index contributed by atoms with van der Waals surface area (Å²) >= 11 is 0. The Morgan fingerprint density at radius 2 is 1.96 bits per heavy atom.